The van der Waals surface area contributed by atoms with Crippen LogP contribution in [0.1, 0.15) is 18.9 Å². The zero-order chi connectivity index (χ0) is 17.0. The highest BCUT2D eigenvalue weighted by molar-refractivity contribution is 6.08. The van der Waals surface area contributed by atoms with E-state index in [9.17, 15) is 4.79 Å². The normalized spacial score (nSPS) is 16.3. The summed E-state index contributed by atoms with van der Waals surface area (Å²) in [6, 6.07) is 7.71. The van der Waals surface area contributed by atoms with Crippen LogP contribution in [0.4, 0.5) is 0 Å². The summed E-state index contributed by atoms with van der Waals surface area (Å²) < 4.78 is 11.1. The number of hydrazone groups is 1. The van der Waals surface area contributed by atoms with Gasteiger partial charge < -0.3 is 9.47 Å². The topological polar surface area (TPSA) is 63.2 Å². The minimum absolute atomic E-state index is 0.551. The van der Waals surface area contributed by atoms with Gasteiger partial charge in [-0.25, -0.2) is 5.43 Å². The molecular formula is C18H25N3O3. The van der Waals surface area contributed by atoms with Crippen molar-refractivity contribution in [2.75, 3.05) is 39.5 Å². The molecule has 1 fully saturated rings. The SMILES string of the molecule is C/C=C\C(=N/NC=O)c1ccc(OCCCN2CCOCC2)cc1. The first-order valence-corrected chi connectivity index (χ1v) is 8.26. The third-order valence-electron chi connectivity index (χ3n) is 3.70. The molecule has 1 N–H and O–H groups in total. The van der Waals surface area contributed by atoms with Crippen LogP contribution in [0.3, 0.4) is 0 Å². The molecule has 1 heterocycles. The molecule has 1 aromatic rings. The molecule has 0 saturated carbocycles. The summed E-state index contributed by atoms with van der Waals surface area (Å²) in [4.78, 5) is 12.8. The number of rotatable bonds is 9. The van der Waals surface area contributed by atoms with E-state index in [0.717, 1.165) is 50.6 Å². The van der Waals surface area contributed by atoms with Crippen molar-refractivity contribution >= 4 is 12.1 Å². The van der Waals surface area contributed by atoms with Gasteiger partial charge in [0, 0.05) is 25.2 Å². The molecule has 2 rings (SSSR count). The number of amides is 1. The lowest BCUT2D eigenvalue weighted by Crippen LogP contribution is -2.37. The highest BCUT2D eigenvalue weighted by atomic mass is 16.5. The van der Waals surface area contributed by atoms with Crippen LogP contribution < -0.4 is 10.2 Å². The van der Waals surface area contributed by atoms with E-state index < -0.39 is 0 Å². The number of morpholine rings is 1. The lowest BCUT2D eigenvalue weighted by molar-refractivity contribution is -0.109. The van der Waals surface area contributed by atoms with Gasteiger partial charge in [-0.2, -0.15) is 5.10 Å². The number of nitrogens with one attached hydrogen (secondary N) is 1. The Bertz CT molecular complexity index is 549. The third kappa shape index (κ3) is 6.14. The van der Waals surface area contributed by atoms with Crippen molar-refractivity contribution in [2.45, 2.75) is 13.3 Å². The Balaban J connectivity index is 1.79. The third-order valence-corrected chi connectivity index (χ3v) is 3.70. The Morgan fingerprint density at radius 1 is 1.33 bits per heavy atom. The fourth-order valence-corrected chi connectivity index (χ4v) is 2.48. The molecule has 0 aliphatic carbocycles. The van der Waals surface area contributed by atoms with E-state index in [4.69, 9.17) is 9.47 Å². The maximum absolute atomic E-state index is 10.4. The smallest absolute Gasteiger partial charge is 0.227 e. The van der Waals surface area contributed by atoms with Crippen molar-refractivity contribution in [1.29, 1.82) is 0 Å². The fourth-order valence-electron chi connectivity index (χ4n) is 2.48. The molecule has 0 atom stereocenters. The monoisotopic (exact) mass is 331 g/mol. The summed E-state index contributed by atoms with van der Waals surface area (Å²) >= 11 is 0. The van der Waals surface area contributed by atoms with E-state index in [1.807, 2.05) is 43.3 Å². The van der Waals surface area contributed by atoms with Crippen molar-refractivity contribution in [3.05, 3.63) is 42.0 Å². The predicted molar refractivity (Wildman–Crippen MR) is 94.4 cm³/mol. The molecule has 0 spiro atoms. The van der Waals surface area contributed by atoms with Gasteiger partial charge in [0.05, 0.1) is 25.5 Å². The number of hydrogen-bond donors (Lipinski definition) is 1. The Labute approximate surface area is 143 Å². The summed E-state index contributed by atoms with van der Waals surface area (Å²) in [5.41, 5.74) is 3.95. The van der Waals surface area contributed by atoms with Crippen LogP contribution in [-0.4, -0.2) is 56.5 Å². The molecule has 0 bridgehead atoms. The zero-order valence-electron chi connectivity index (χ0n) is 14.1. The summed E-state index contributed by atoms with van der Waals surface area (Å²) in [5, 5.41) is 4.01. The fraction of sp³-hybridized carbons (Fsp3) is 0.444. The van der Waals surface area contributed by atoms with Crippen LogP contribution in [0.5, 0.6) is 5.75 Å². The maximum atomic E-state index is 10.4. The van der Waals surface area contributed by atoms with E-state index in [1.54, 1.807) is 0 Å². The van der Waals surface area contributed by atoms with Gasteiger partial charge in [-0.05, 0) is 43.7 Å². The van der Waals surface area contributed by atoms with Crippen molar-refractivity contribution in [3.63, 3.8) is 0 Å². The number of benzene rings is 1. The van der Waals surface area contributed by atoms with Crippen molar-refractivity contribution < 1.29 is 14.3 Å². The largest absolute Gasteiger partial charge is 0.494 e. The second-order valence-electron chi connectivity index (χ2n) is 5.42. The standard InChI is InChI=1S/C18H25N3O3/c1-2-4-18(20-19-15-22)16-5-7-17(8-6-16)24-12-3-9-21-10-13-23-14-11-21/h2,4-8,15H,3,9-14H2,1H3,(H,19,22)/b4-2-,20-18+. The van der Waals surface area contributed by atoms with Gasteiger partial charge in [0.25, 0.3) is 0 Å². The quantitative estimate of drug-likeness (QED) is 0.324. The van der Waals surface area contributed by atoms with E-state index >= 15 is 0 Å². The molecule has 0 aromatic heterocycles. The second kappa shape index (κ2) is 10.6. The highest BCUT2D eigenvalue weighted by Crippen LogP contribution is 2.14. The maximum Gasteiger partial charge on any atom is 0.227 e. The van der Waals surface area contributed by atoms with Crippen LogP contribution in [0.2, 0.25) is 0 Å². The molecule has 1 saturated heterocycles. The molecule has 1 aliphatic heterocycles. The lowest BCUT2D eigenvalue weighted by atomic mass is 10.1. The van der Waals surface area contributed by atoms with Gasteiger partial charge in [0.2, 0.25) is 6.41 Å². The van der Waals surface area contributed by atoms with Crippen LogP contribution in [0.15, 0.2) is 41.5 Å². The van der Waals surface area contributed by atoms with Gasteiger partial charge >= 0.3 is 0 Å². The number of hydrogen-bond acceptors (Lipinski definition) is 5. The Kier molecular flexibility index (Phi) is 8.00. The summed E-state index contributed by atoms with van der Waals surface area (Å²) in [6.45, 7) is 7.32. The molecule has 1 aromatic carbocycles. The van der Waals surface area contributed by atoms with Crippen LogP contribution in [0.25, 0.3) is 0 Å². The first-order valence-electron chi connectivity index (χ1n) is 8.26. The van der Waals surface area contributed by atoms with E-state index in [2.05, 4.69) is 15.4 Å². The van der Waals surface area contributed by atoms with E-state index in [0.29, 0.717) is 18.7 Å². The molecule has 1 amide bonds. The molecular weight excluding hydrogens is 306 g/mol. The zero-order valence-corrected chi connectivity index (χ0v) is 14.1. The molecule has 130 valence electrons. The molecule has 6 heteroatoms. The molecule has 6 nitrogen and oxygen atoms in total. The summed E-state index contributed by atoms with van der Waals surface area (Å²) in [6.07, 6.45) is 5.27. The number of nitrogens with zero attached hydrogens (tertiary/aromatic N) is 2. The van der Waals surface area contributed by atoms with Crippen LogP contribution in [-0.2, 0) is 9.53 Å². The minimum Gasteiger partial charge on any atom is -0.494 e. The first-order chi connectivity index (χ1) is 11.8. The van der Waals surface area contributed by atoms with Crippen molar-refractivity contribution in [3.8, 4) is 5.75 Å². The van der Waals surface area contributed by atoms with Crippen molar-refractivity contribution in [1.82, 2.24) is 10.3 Å². The summed E-state index contributed by atoms with van der Waals surface area (Å²) in [7, 11) is 0. The number of carbonyl (C=O) groups is 1. The number of carbonyl (C=O) groups excluding carboxylic acids is 1. The number of ether oxygens (including phenoxy) is 2. The minimum atomic E-state index is 0.551. The molecule has 24 heavy (non-hydrogen) atoms. The first kappa shape index (κ1) is 18.2. The molecule has 0 unspecified atom stereocenters. The summed E-state index contributed by atoms with van der Waals surface area (Å²) in [5.74, 6) is 0.837. The van der Waals surface area contributed by atoms with Gasteiger partial charge in [0.15, 0.2) is 0 Å². The molecule has 0 radical (unpaired) electrons. The van der Waals surface area contributed by atoms with Gasteiger partial charge in [0.1, 0.15) is 5.75 Å². The Hall–Kier alpha value is -2.18. The number of allylic oxidation sites excluding steroid dienone is 2. The average Bonchev–Trinajstić information content (AvgIpc) is 2.64. The average molecular weight is 331 g/mol. The lowest BCUT2D eigenvalue weighted by Gasteiger charge is -2.26. The Morgan fingerprint density at radius 3 is 2.75 bits per heavy atom. The van der Waals surface area contributed by atoms with Crippen LogP contribution >= 0.6 is 0 Å². The van der Waals surface area contributed by atoms with Gasteiger partial charge in [-0.1, -0.05) is 6.08 Å². The van der Waals surface area contributed by atoms with E-state index in [1.165, 1.54) is 0 Å². The van der Waals surface area contributed by atoms with E-state index in [-0.39, 0.29) is 0 Å². The Morgan fingerprint density at radius 2 is 2.08 bits per heavy atom. The predicted octanol–water partition coefficient (Wildman–Crippen LogP) is 1.81. The molecule has 1 aliphatic rings. The van der Waals surface area contributed by atoms with Gasteiger partial charge in [-0.15, -0.1) is 0 Å². The second-order valence-corrected chi connectivity index (χ2v) is 5.42. The van der Waals surface area contributed by atoms with Gasteiger partial charge in [-0.3, -0.25) is 9.69 Å². The highest BCUT2D eigenvalue weighted by Gasteiger charge is 2.09. The van der Waals surface area contributed by atoms with Crippen molar-refractivity contribution in [2.24, 2.45) is 5.10 Å². The van der Waals surface area contributed by atoms with Crippen LogP contribution in [0, 0.1) is 0 Å².